The van der Waals surface area contributed by atoms with Gasteiger partial charge in [0.2, 0.25) is 0 Å². The fourth-order valence-electron chi connectivity index (χ4n) is 2.51. The lowest BCUT2D eigenvalue weighted by Gasteiger charge is -2.16. The summed E-state index contributed by atoms with van der Waals surface area (Å²) in [4.78, 5) is 12.4. The standard InChI is InChI=1S/C15H17ClN4O/c1-9(10-2-4-11(16)5-3-10)18-15(21)14-12-8-17-7-6-13(12)19-20-14/h2-5,9,17H,6-8H2,1H3,(H,18,21)(H,19,20). The van der Waals surface area contributed by atoms with Gasteiger partial charge in [-0.2, -0.15) is 5.10 Å². The van der Waals surface area contributed by atoms with Crippen molar-refractivity contribution in [1.82, 2.24) is 20.8 Å². The van der Waals surface area contributed by atoms with Crippen molar-refractivity contribution < 1.29 is 4.79 Å². The van der Waals surface area contributed by atoms with Gasteiger partial charge in [-0.1, -0.05) is 23.7 Å². The average molecular weight is 305 g/mol. The van der Waals surface area contributed by atoms with Gasteiger partial charge >= 0.3 is 0 Å². The van der Waals surface area contributed by atoms with E-state index in [4.69, 9.17) is 11.6 Å². The highest BCUT2D eigenvalue weighted by molar-refractivity contribution is 6.30. The molecule has 0 radical (unpaired) electrons. The topological polar surface area (TPSA) is 69.8 Å². The zero-order chi connectivity index (χ0) is 14.8. The summed E-state index contributed by atoms with van der Waals surface area (Å²) >= 11 is 5.87. The van der Waals surface area contributed by atoms with Crippen molar-refractivity contribution in [2.45, 2.75) is 25.9 Å². The van der Waals surface area contributed by atoms with E-state index in [2.05, 4.69) is 20.8 Å². The van der Waals surface area contributed by atoms with Gasteiger partial charge in [-0.25, -0.2) is 0 Å². The molecular weight excluding hydrogens is 288 g/mol. The van der Waals surface area contributed by atoms with E-state index in [1.54, 1.807) is 0 Å². The molecule has 6 heteroatoms. The molecule has 3 N–H and O–H groups in total. The summed E-state index contributed by atoms with van der Waals surface area (Å²) in [6.07, 6.45) is 0.877. The molecule has 2 heterocycles. The zero-order valence-corrected chi connectivity index (χ0v) is 12.5. The van der Waals surface area contributed by atoms with Crippen molar-refractivity contribution in [3.63, 3.8) is 0 Å². The smallest absolute Gasteiger partial charge is 0.272 e. The first-order valence-corrected chi connectivity index (χ1v) is 7.36. The van der Waals surface area contributed by atoms with E-state index < -0.39 is 0 Å². The second-order valence-electron chi connectivity index (χ2n) is 5.20. The molecule has 0 saturated carbocycles. The number of fused-ring (bicyclic) bond motifs is 1. The summed E-state index contributed by atoms with van der Waals surface area (Å²) in [6.45, 7) is 3.54. The third-order valence-corrected chi connectivity index (χ3v) is 3.99. The Morgan fingerprint density at radius 3 is 2.90 bits per heavy atom. The lowest BCUT2D eigenvalue weighted by Crippen LogP contribution is -2.30. The van der Waals surface area contributed by atoms with Crippen molar-refractivity contribution in [3.05, 3.63) is 51.8 Å². The molecule has 0 aliphatic carbocycles. The van der Waals surface area contributed by atoms with Crippen LogP contribution in [-0.4, -0.2) is 22.6 Å². The number of aromatic amines is 1. The molecule has 0 saturated heterocycles. The summed E-state index contributed by atoms with van der Waals surface area (Å²) in [5, 5.41) is 14.0. The number of nitrogens with zero attached hydrogens (tertiary/aromatic N) is 1. The number of H-pyrrole nitrogens is 1. The number of hydrogen-bond acceptors (Lipinski definition) is 3. The number of halogens is 1. The molecular formula is C15H17ClN4O. The van der Waals surface area contributed by atoms with E-state index in [-0.39, 0.29) is 11.9 Å². The Morgan fingerprint density at radius 2 is 2.14 bits per heavy atom. The monoisotopic (exact) mass is 304 g/mol. The lowest BCUT2D eigenvalue weighted by atomic mass is 10.1. The molecule has 1 aliphatic heterocycles. The maximum Gasteiger partial charge on any atom is 0.272 e. The van der Waals surface area contributed by atoms with Crippen LogP contribution >= 0.6 is 11.6 Å². The van der Waals surface area contributed by atoms with Gasteiger partial charge in [-0.3, -0.25) is 9.89 Å². The molecule has 0 fully saturated rings. The van der Waals surface area contributed by atoms with Gasteiger partial charge in [-0.15, -0.1) is 0 Å². The number of hydrogen-bond donors (Lipinski definition) is 3. The summed E-state index contributed by atoms with van der Waals surface area (Å²) in [6, 6.07) is 7.36. The average Bonchev–Trinajstić information content (AvgIpc) is 2.92. The van der Waals surface area contributed by atoms with Gasteiger partial charge in [0.25, 0.3) is 5.91 Å². The fourth-order valence-corrected chi connectivity index (χ4v) is 2.64. The van der Waals surface area contributed by atoms with Gasteiger partial charge in [0, 0.05) is 35.8 Å². The lowest BCUT2D eigenvalue weighted by molar-refractivity contribution is 0.0933. The van der Waals surface area contributed by atoms with Crippen LogP contribution in [-0.2, 0) is 13.0 Å². The number of carbonyl (C=O) groups is 1. The number of nitrogens with one attached hydrogen (secondary N) is 3. The highest BCUT2D eigenvalue weighted by Gasteiger charge is 2.22. The first-order chi connectivity index (χ1) is 10.1. The van der Waals surface area contributed by atoms with E-state index in [9.17, 15) is 4.79 Å². The predicted octanol–water partition coefficient (Wildman–Crippen LogP) is 2.20. The summed E-state index contributed by atoms with van der Waals surface area (Å²) in [5.41, 5.74) is 3.52. The number of carbonyl (C=O) groups excluding carboxylic acids is 1. The van der Waals surface area contributed by atoms with Crippen LogP contribution in [0.2, 0.25) is 5.02 Å². The maximum absolute atomic E-state index is 12.4. The number of benzene rings is 1. The first kappa shape index (κ1) is 14.1. The van der Waals surface area contributed by atoms with Gasteiger partial charge in [-0.05, 0) is 24.6 Å². The van der Waals surface area contributed by atoms with Crippen molar-refractivity contribution in [2.24, 2.45) is 0 Å². The Kier molecular flexibility index (Phi) is 3.94. The van der Waals surface area contributed by atoms with E-state index in [1.165, 1.54) is 0 Å². The molecule has 1 atom stereocenters. The van der Waals surface area contributed by atoms with E-state index in [0.717, 1.165) is 29.8 Å². The van der Waals surface area contributed by atoms with Crippen LogP contribution in [0.3, 0.4) is 0 Å². The van der Waals surface area contributed by atoms with E-state index >= 15 is 0 Å². The van der Waals surface area contributed by atoms with Gasteiger partial charge in [0.1, 0.15) is 0 Å². The third-order valence-electron chi connectivity index (χ3n) is 3.74. The number of rotatable bonds is 3. The molecule has 1 aromatic carbocycles. The van der Waals surface area contributed by atoms with Crippen LogP contribution in [0, 0.1) is 0 Å². The van der Waals surface area contributed by atoms with Gasteiger partial charge < -0.3 is 10.6 Å². The Balaban J connectivity index is 1.74. The van der Waals surface area contributed by atoms with Crippen molar-refractivity contribution in [1.29, 1.82) is 0 Å². The molecule has 2 aromatic rings. The minimum absolute atomic E-state index is 0.0985. The molecule has 21 heavy (non-hydrogen) atoms. The minimum Gasteiger partial charge on any atom is -0.344 e. The molecule has 3 rings (SSSR count). The molecule has 1 unspecified atom stereocenters. The summed E-state index contributed by atoms with van der Waals surface area (Å²) in [5.74, 6) is -0.154. The Labute approximate surface area is 128 Å². The van der Waals surface area contributed by atoms with Crippen LogP contribution in [0.15, 0.2) is 24.3 Å². The largest absolute Gasteiger partial charge is 0.344 e. The highest BCUT2D eigenvalue weighted by atomic mass is 35.5. The Bertz CT molecular complexity index is 650. The number of amides is 1. The van der Waals surface area contributed by atoms with Crippen LogP contribution < -0.4 is 10.6 Å². The third kappa shape index (κ3) is 2.94. The van der Waals surface area contributed by atoms with Gasteiger partial charge in [0.05, 0.1) is 6.04 Å². The summed E-state index contributed by atoms with van der Waals surface area (Å²) in [7, 11) is 0. The maximum atomic E-state index is 12.4. The Morgan fingerprint density at radius 1 is 1.38 bits per heavy atom. The summed E-state index contributed by atoms with van der Waals surface area (Å²) < 4.78 is 0. The first-order valence-electron chi connectivity index (χ1n) is 6.98. The van der Waals surface area contributed by atoms with E-state index in [1.807, 2.05) is 31.2 Å². The quantitative estimate of drug-likeness (QED) is 0.814. The van der Waals surface area contributed by atoms with Crippen molar-refractivity contribution >= 4 is 17.5 Å². The SMILES string of the molecule is CC(NC(=O)c1n[nH]c2c1CNCC2)c1ccc(Cl)cc1. The van der Waals surface area contributed by atoms with Gasteiger partial charge in [0.15, 0.2) is 5.69 Å². The van der Waals surface area contributed by atoms with Crippen LogP contribution in [0.25, 0.3) is 0 Å². The van der Waals surface area contributed by atoms with Crippen LogP contribution in [0.5, 0.6) is 0 Å². The molecule has 0 bridgehead atoms. The predicted molar refractivity (Wildman–Crippen MR) is 81.3 cm³/mol. The van der Waals surface area contributed by atoms with Crippen LogP contribution in [0.4, 0.5) is 0 Å². The second-order valence-corrected chi connectivity index (χ2v) is 5.64. The fraction of sp³-hybridized carbons (Fsp3) is 0.333. The van der Waals surface area contributed by atoms with E-state index in [0.29, 0.717) is 17.3 Å². The van der Waals surface area contributed by atoms with Crippen LogP contribution in [0.1, 0.15) is 40.3 Å². The molecule has 1 aliphatic rings. The molecule has 1 aromatic heterocycles. The molecule has 110 valence electrons. The van der Waals surface area contributed by atoms with Crippen molar-refractivity contribution in [2.75, 3.05) is 6.54 Å². The molecule has 1 amide bonds. The zero-order valence-electron chi connectivity index (χ0n) is 11.7. The Hall–Kier alpha value is -1.85. The van der Waals surface area contributed by atoms with Crippen molar-refractivity contribution in [3.8, 4) is 0 Å². The highest BCUT2D eigenvalue weighted by Crippen LogP contribution is 2.19. The molecule has 0 spiro atoms. The minimum atomic E-state index is -0.154. The molecule has 5 nitrogen and oxygen atoms in total. The second kappa shape index (κ2) is 5.87. The normalized spacial score (nSPS) is 15.3. The number of aromatic nitrogens is 2.